The zero-order chi connectivity index (χ0) is 53.9. The molecule has 0 amide bonds. The summed E-state index contributed by atoms with van der Waals surface area (Å²) < 4.78 is 23.1. The van der Waals surface area contributed by atoms with E-state index in [0.29, 0.717) is 26.2 Å². The lowest BCUT2D eigenvalue weighted by Crippen LogP contribution is -2.29. The van der Waals surface area contributed by atoms with Crippen molar-refractivity contribution in [2.75, 3.05) is 42.5 Å². The summed E-state index contributed by atoms with van der Waals surface area (Å²) in [6.45, 7) is 2.45. The van der Waals surface area contributed by atoms with Crippen LogP contribution in [0.1, 0.15) is 55.9 Å². The second-order valence-electron chi connectivity index (χ2n) is 19.6. The van der Waals surface area contributed by atoms with E-state index < -0.39 is 10.8 Å². The Morgan fingerprint density at radius 1 is 0.359 bits per heavy atom. The molecule has 10 rings (SSSR count). The fraction of sp³-hybridized carbons (Fsp3) is 0.171. The van der Waals surface area contributed by atoms with Crippen molar-refractivity contribution >= 4 is 21.8 Å². The first-order valence-electron chi connectivity index (χ1n) is 26.1. The Hall–Kier alpha value is -9.18. The zero-order valence-corrected chi connectivity index (χ0v) is 45.0. The van der Waals surface area contributed by atoms with Crippen molar-refractivity contribution in [3.63, 3.8) is 0 Å². The largest absolute Gasteiger partial charge is 0.497 e. The molecule has 0 saturated carbocycles. The Labute approximate surface area is 458 Å². The highest BCUT2D eigenvalue weighted by molar-refractivity contribution is 5.81. The summed E-state index contributed by atoms with van der Waals surface area (Å²) in [5, 5.41) is 2.07. The molecule has 0 fully saturated rings. The fourth-order valence-electron chi connectivity index (χ4n) is 10.7. The number of hydrogen-bond acceptors (Lipinski definition) is 8. The number of pyridine rings is 2. The first-order chi connectivity index (χ1) is 38.2. The molecule has 386 valence electrons. The predicted molar refractivity (Wildman–Crippen MR) is 314 cm³/mol. The summed E-state index contributed by atoms with van der Waals surface area (Å²) in [6, 6.07) is 75.3. The zero-order valence-electron chi connectivity index (χ0n) is 45.0. The fourth-order valence-corrected chi connectivity index (χ4v) is 10.7. The van der Waals surface area contributed by atoms with Crippen LogP contribution in [0.25, 0.3) is 21.8 Å². The minimum absolute atomic E-state index is 0.596. The van der Waals surface area contributed by atoms with E-state index in [1.807, 2.05) is 60.7 Å². The molecule has 0 bridgehead atoms. The van der Waals surface area contributed by atoms with E-state index in [9.17, 15) is 0 Å². The van der Waals surface area contributed by atoms with Gasteiger partial charge in [-0.05, 0) is 132 Å². The molecule has 0 spiro atoms. The predicted octanol–water partition coefficient (Wildman–Crippen LogP) is 13.5. The van der Waals surface area contributed by atoms with Gasteiger partial charge < -0.3 is 18.9 Å². The van der Waals surface area contributed by atoms with Crippen LogP contribution in [0.5, 0.6) is 23.0 Å². The van der Waals surface area contributed by atoms with Gasteiger partial charge in [0.2, 0.25) is 0 Å². The molecule has 10 aromatic rings. The highest BCUT2D eigenvalue weighted by Crippen LogP contribution is 2.43. The van der Waals surface area contributed by atoms with E-state index in [4.69, 9.17) is 28.9 Å². The Bertz CT molecular complexity index is 3480. The lowest BCUT2D eigenvalue weighted by molar-refractivity contribution is 0.306. The Balaban J connectivity index is 1.07. The molecule has 2 aromatic heterocycles. The number of methoxy groups -OCH3 is 4. The van der Waals surface area contributed by atoms with Gasteiger partial charge in [0.25, 0.3) is 0 Å². The third-order valence-electron chi connectivity index (χ3n) is 14.5. The van der Waals surface area contributed by atoms with Crippen molar-refractivity contribution in [2.24, 2.45) is 0 Å². The summed E-state index contributed by atoms with van der Waals surface area (Å²) in [4.78, 5) is 14.5. The van der Waals surface area contributed by atoms with E-state index in [-0.39, 0.29) is 0 Å². The van der Waals surface area contributed by atoms with E-state index in [1.165, 1.54) is 0 Å². The van der Waals surface area contributed by atoms with Crippen molar-refractivity contribution in [2.45, 2.75) is 37.0 Å². The summed E-state index contributed by atoms with van der Waals surface area (Å²) >= 11 is 0. The van der Waals surface area contributed by atoms with Gasteiger partial charge in [-0.3, -0.25) is 19.8 Å². The molecule has 2 heterocycles. The standard InChI is InChI=1S/C70H62N4O4/c1-73(49-61-33-29-51-45-63(75-3)35-37-65(51)71-61)47-53-43-59(31-39-67(53)77-5)69(55-21-11-7-12-22-55,56-23-13-8-14-24-56)41-19-20-42-70(57-25-15-9-16-26-57,58-27-17-10-18-28-58)60-32-40-68(78-6)54(44-60)48-74(2)50-62-34-30-52-46-64(76-4)36-38-66(52)72-62/h7-18,21-40,43-46H,47-50H2,1-6H3. The van der Waals surface area contributed by atoms with Crippen molar-refractivity contribution in [3.8, 4) is 46.7 Å². The van der Waals surface area contributed by atoms with Crippen LogP contribution in [0.3, 0.4) is 0 Å². The molecule has 0 aliphatic heterocycles. The number of nitrogens with zero attached hydrogens (tertiary/aromatic N) is 4. The first kappa shape index (κ1) is 52.3. The molecule has 78 heavy (non-hydrogen) atoms. The van der Waals surface area contributed by atoms with Crippen molar-refractivity contribution in [1.82, 2.24) is 19.8 Å². The van der Waals surface area contributed by atoms with Crippen LogP contribution in [-0.4, -0.2) is 62.3 Å². The molecule has 0 aliphatic rings. The third kappa shape index (κ3) is 11.1. The lowest BCUT2D eigenvalue weighted by Gasteiger charge is -2.32. The molecular formula is C70H62N4O4. The normalized spacial score (nSPS) is 11.4. The maximum Gasteiger partial charge on any atom is 0.123 e. The van der Waals surface area contributed by atoms with E-state index in [1.54, 1.807) is 28.4 Å². The molecule has 0 unspecified atom stereocenters. The maximum absolute atomic E-state index is 6.08. The SMILES string of the molecule is COc1ccc2nc(CN(C)Cc3cc(C(C#CC#CC(c4ccccc4)(c4ccccc4)c4ccc(OC)c(CN(C)Cc5ccc6cc(OC)ccc6n5)c4)(c4ccccc4)c4ccccc4)ccc3OC)ccc2c1. The molecule has 0 atom stereocenters. The Morgan fingerprint density at radius 3 is 1.05 bits per heavy atom. The van der Waals surface area contributed by atoms with Gasteiger partial charge in [0, 0.05) is 48.1 Å². The number of rotatable bonds is 18. The minimum atomic E-state index is -0.940. The molecule has 8 nitrogen and oxygen atoms in total. The van der Waals surface area contributed by atoms with Gasteiger partial charge >= 0.3 is 0 Å². The van der Waals surface area contributed by atoms with Gasteiger partial charge in [-0.25, -0.2) is 0 Å². The van der Waals surface area contributed by atoms with Crippen molar-refractivity contribution in [3.05, 3.63) is 274 Å². The lowest BCUT2D eigenvalue weighted by atomic mass is 9.69. The van der Waals surface area contributed by atoms with Crippen LogP contribution in [0.2, 0.25) is 0 Å². The molecule has 8 aromatic carbocycles. The highest BCUT2D eigenvalue weighted by Gasteiger charge is 2.37. The second-order valence-corrected chi connectivity index (χ2v) is 19.6. The monoisotopic (exact) mass is 1020 g/mol. The van der Waals surface area contributed by atoms with Crippen LogP contribution in [0.4, 0.5) is 0 Å². The Kier molecular flexibility index (Phi) is 15.9. The van der Waals surface area contributed by atoms with Gasteiger partial charge in [-0.2, -0.15) is 0 Å². The van der Waals surface area contributed by atoms with Crippen LogP contribution in [0.15, 0.2) is 218 Å². The number of ether oxygens (including phenoxy) is 4. The third-order valence-corrected chi connectivity index (χ3v) is 14.5. The van der Waals surface area contributed by atoms with E-state index in [2.05, 4.69) is 205 Å². The van der Waals surface area contributed by atoms with Gasteiger partial charge in [0.15, 0.2) is 0 Å². The van der Waals surface area contributed by atoms with Crippen LogP contribution in [0, 0.1) is 23.7 Å². The molecule has 0 aliphatic carbocycles. The number of benzene rings is 8. The smallest absolute Gasteiger partial charge is 0.123 e. The average molecular weight is 1020 g/mol. The average Bonchev–Trinajstić information content (AvgIpc) is 3.61. The summed E-state index contributed by atoms with van der Waals surface area (Å²) in [5.74, 6) is 18.0. The molecule has 8 heteroatoms. The van der Waals surface area contributed by atoms with Crippen LogP contribution < -0.4 is 18.9 Å². The summed E-state index contributed by atoms with van der Waals surface area (Å²) in [5.41, 5.74) is 10.0. The van der Waals surface area contributed by atoms with E-state index >= 15 is 0 Å². The molecule has 0 radical (unpaired) electrons. The van der Waals surface area contributed by atoms with Crippen molar-refractivity contribution in [1.29, 1.82) is 0 Å². The summed E-state index contributed by atoms with van der Waals surface area (Å²) in [6.07, 6.45) is 0. The molecule has 0 saturated heterocycles. The number of aromatic nitrogens is 2. The summed E-state index contributed by atoms with van der Waals surface area (Å²) in [7, 11) is 11.0. The topological polar surface area (TPSA) is 69.2 Å². The van der Waals surface area contributed by atoms with E-state index in [0.717, 1.165) is 101 Å². The molecule has 0 N–H and O–H groups in total. The van der Waals surface area contributed by atoms with Gasteiger partial charge in [-0.15, -0.1) is 0 Å². The molecular weight excluding hydrogens is 961 g/mol. The minimum Gasteiger partial charge on any atom is -0.497 e. The highest BCUT2D eigenvalue weighted by atomic mass is 16.5. The quantitative estimate of drug-likeness (QED) is 0.0622. The van der Waals surface area contributed by atoms with Crippen LogP contribution >= 0.6 is 0 Å². The second kappa shape index (κ2) is 23.8. The Morgan fingerprint density at radius 2 is 0.718 bits per heavy atom. The number of fused-ring (bicyclic) bond motifs is 2. The van der Waals surface area contributed by atoms with Gasteiger partial charge in [0.05, 0.1) is 50.9 Å². The maximum atomic E-state index is 6.08. The van der Waals surface area contributed by atoms with Gasteiger partial charge in [0.1, 0.15) is 33.8 Å². The van der Waals surface area contributed by atoms with Crippen molar-refractivity contribution < 1.29 is 18.9 Å². The van der Waals surface area contributed by atoms with Gasteiger partial charge in [-0.1, -0.05) is 157 Å². The first-order valence-corrected chi connectivity index (χ1v) is 26.1. The van der Waals surface area contributed by atoms with Crippen LogP contribution in [-0.2, 0) is 37.0 Å². The number of hydrogen-bond donors (Lipinski definition) is 0.